The van der Waals surface area contributed by atoms with Gasteiger partial charge in [-0.15, -0.1) is 0 Å². The van der Waals surface area contributed by atoms with E-state index in [-0.39, 0.29) is 5.56 Å². The zero-order valence-electron chi connectivity index (χ0n) is 11.8. The van der Waals surface area contributed by atoms with Crippen LogP contribution in [0.4, 0.5) is 0 Å². The fourth-order valence-electron chi connectivity index (χ4n) is 3.30. The molecule has 0 aromatic carbocycles. The molecule has 0 amide bonds. The molecule has 0 bridgehead atoms. The Labute approximate surface area is 123 Å². The molecule has 0 saturated carbocycles. The van der Waals surface area contributed by atoms with Crippen molar-refractivity contribution in [3.05, 3.63) is 18.9 Å². The van der Waals surface area contributed by atoms with Gasteiger partial charge in [-0.3, -0.25) is 4.57 Å². The van der Waals surface area contributed by atoms with Crippen molar-refractivity contribution >= 4 is 22.8 Å². The van der Waals surface area contributed by atoms with E-state index < -0.39 is 5.72 Å². The van der Waals surface area contributed by atoms with Crippen LogP contribution < -0.4 is 0 Å². The van der Waals surface area contributed by atoms with Gasteiger partial charge >= 0.3 is 0 Å². The predicted molar refractivity (Wildman–Crippen MR) is 77.3 cm³/mol. The molecule has 0 aliphatic carbocycles. The second-order valence-electron chi connectivity index (χ2n) is 5.25. The summed E-state index contributed by atoms with van der Waals surface area (Å²) in [6, 6.07) is 0. The monoisotopic (exact) mass is 294 g/mol. The molecule has 2 aromatic heterocycles. The standard InChI is InChI=1S/C14H19ClN4O/c1-3-10-5-6-12(15)20-14(10,4-2)19-9-18-11-7-16-8-17-13(11)19/h7-10,12H,3-6H2,1-2H3. The molecule has 0 N–H and O–H groups in total. The maximum Gasteiger partial charge on any atom is 0.165 e. The number of nitrogens with zero attached hydrogens (tertiary/aromatic N) is 4. The molecule has 5 nitrogen and oxygen atoms in total. The first-order valence-corrected chi connectivity index (χ1v) is 7.60. The third-order valence-electron chi connectivity index (χ3n) is 4.33. The third kappa shape index (κ3) is 2.00. The second kappa shape index (κ2) is 5.30. The Balaban J connectivity index is 2.15. The molecule has 6 heteroatoms. The second-order valence-corrected chi connectivity index (χ2v) is 5.74. The number of ether oxygens (including phenoxy) is 1. The zero-order valence-corrected chi connectivity index (χ0v) is 12.5. The summed E-state index contributed by atoms with van der Waals surface area (Å²) >= 11 is 6.28. The van der Waals surface area contributed by atoms with E-state index in [4.69, 9.17) is 16.3 Å². The molecule has 1 aliphatic heterocycles. The molecule has 1 aliphatic rings. The minimum atomic E-state index is -0.456. The van der Waals surface area contributed by atoms with Crippen molar-refractivity contribution < 1.29 is 4.74 Å². The molecule has 1 saturated heterocycles. The summed E-state index contributed by atoms with van der Waals surface area (Å²) in [5, 5.41) is 0. The SMILES string of the molecule is CCC1CCC(Cl)OC1(CC)n1cnc2cncnc21. The van der Waals surface area contributed by atoms with Crippen molar-refractivity contribution in [1.29, 1.82) is 0 Å². The Hall–Kier alpha value is -1.20. The molecule has 20 heavy (non-hydrogen) atoms. The number of alkyl halides is 1. The number of aromatic nitrogens is 4. The normalized spacial score (nSPS) is 30.8. The number of halogens is 1. The van der Waals surface area contributed by atoms with Gasteiger partial charge in [-0.2, -0.15) is 0 Å². The van der Waals surface area contributed by atoms with Gasteiger partial charge in [0.15, 0.2) is 11.4 Å². The molecule has 0 radical (unpaired) electrons. The summed E-state index contributed by atoms with van der Waals surface area (Å²) < 4.78 is 8.26. The van der Waals surface area contributed by atoms with Gasteiger partial charge in [0.1, 0.15) is 17.4 Å². The Morgan fingerprint density at radius 2 is 2.25 bits per heavy atom. The van der Waals surface area contributed by atoms with Gasteiger partial charge in [-0.05, 0) is 25.7 Å². The first kappa shape index (κ1) is 13.8. The maximum atomic E-state index is 6.28. The van der Waals surface area contributed by atoms with Crippen LogP contribution in [-0.4, -0.2) is 25.1 Å². The van der Waals surface area contributed by atoms with Crippen molar-refractivity contribution in [3.8, 4) is 0 Å². The quantitative estimate of drug-likeness (QED) is 0.815. The van der Waals surface area contributed by atoms with E-state index in [1.165, 1.54) is 0 Å². The molecule has 3 heterocycles. The van der Waals surface area contributed by atoms with E-state index in [9.17, 15) is 0 Å². The highest BCUT2D eigenvalue weighted by atomic mass is 35.5. The summed E-state index contributed by atoms with van der Waals surface area (Å²) in [5.74, 6) is 0.412. The fraction of sp³-hybridized carbons (Fsp3) is 0.643. The molecule has 3 unspecified atom stereocenters. The lowest BCUT2D eigenvalue weighted by atomic mass is 9.84. The maximum absolute atomic E-state index is 6.28. The molecule has 3 atom stereocenters. The summed E-state index contributed by atoms with van der Waals surface area (Å²) in [4.78, 5) is 12.8. The third-order valence-corrected chi connectivity index (χ3v) is 4.64. The lowest BCUT2D eigenvalue weighted by Crippen LogP contribution is -2.48. The Morgan fingerprint density at radius 3 is 3.00 bits per heavy atom. The van der Waals surface area contributed by atoms with E-state index in [0.29, 0.717) is 5.92 Å². The molecule has 108 valence electrons. The topological polar surface area (TPSA) is 52.8 Å². The van der Waals surface area contributed by atoms with E-state index in [2.05, 4.69) is 28.8 Å². The van der Waals surface area contributed by atoms with Gasteiger partial charge in [0, 0.05) is 5.92 Å². The van der Waals surface area contributed by atoms with Crippen molar-refractivity contribution in [2.45, 2.75) is 50.8 Å². The Bertz CT molecular complexity index is 602. The van der Waals surface area contributed by atoms with Crippen LogP contribution in [0.1, 0.15) is 39.5 Å². The van der Waals surface area contributed by atoms with Crippen LogP contribution in [-0.2, 0) is 10.5 Å². The van der Waals surface area contributed by atoms with E-state index in [1.807, 2.05) is 4.57 Å². The van der Waals surface area contributed by atoms with Gasteiger partial charge in [-0.25, -0.2) is 15.0 Å². The highest BCUT2D eigenvalue weighted by molar-refractivity contribution is 6.19. The fourth-order valence-corrected chi connectivity index (χ4v) is 3.58. The van der Waals surface area contributed by atoms with Crippen LogP contribution in [0, 0.1) is 5.92 Å². The summed E-state index contributed by atoms with van der Waals surface area (Å²) in [6.45, 7) is 4.33. The summed E-state index contributed by atoms with van der Waals surface area (Å²) in [5.41, 5.74) is 0.890. The molecular formula is C14H19ClN4O. The number of imidazole rings is 1. The molecule has 3 rings (SSSR count). The van der Waals surface area contributed by atoms with Crippen LogP contribution in [0.3, 0.4) is 0 Å². The highest BCUT2D eigenvalue weighted by Crippen LogP contribution is 2.44. The summed E-state index contributed by atoms with van der Waals surface area (Å²) in [7, 11) is 0. The van der Waals surface area contributed by atoms with Gasteiger partial charge in [0.25, 0.3) is 0 Å². The average Bonchev–Trinajstić information content (AvgIpc) is 2.91. The largest absolute Gasteiger partial charge is 0.336 e. The van der Waals surface area contributed by atoms with Crippen LogP contribution in [0.2, 0.25) is 0 Å². The predicted octanol–water partition coefficient (Wildman–Crippen LogP) is 3.29. The Kier molecular flexibility index (Phi) is 3.65. The molecule has 1 fully saturated rings. The van der Waals surface area contributed by atoms with Crippen LogP contribution in [0.15, 0.2) is 18.9 Å². The molecule has 2 aromatic rings. The molecular weight excluding hydrogens is 276 g/mol. The smallest absolute Gasteiger partial charge is 0.165 e. The van der Waals surface area contributed by atoms with Gasteiger partial charge in [0.2, 0.25) is 0 Å². The Morgan fingerprint density at radius 1 is 1.40 bits per heavy atom. The number of hydrogen-bond acceptors (Lipinski definition) is 4. The van der Waals surface area contributed by atoms with Gasteiger partial charge in [-0.1, -0.05) is 25.4 Å². The van der Waals surface area contributed by atoms with Crippen LogP contribution in [0.5, 0.6) is 0 Å². The first-order valence-electron chi connectivity index (χ1n) is 7.16. The number of rotatable bonds is 3. The lowest BCUT2D eigenvalue weighted by molar-refractivity contribution is -0.192. The van der Waals surface area contributed by atoms with Crippen molar-refractivity contribution in [2.24, 2.45) is 5.92 Å². The zero-order chi connectivity index (χ0) is 14.2. The van der Waals surface area contributed by atoms with Crippen molar-refractivity contribution in [3.63, 3.8) is 0 Å². The minimum absolute atomic E-state index is 0.253. The van der Waals surface area contributed by atoms with E-state index >= 15 is 0 Å². The molecule has 0 spiro atoms. The first-order chi connectivity index (χ1) is 9.71. The van der Waals surface area contributed by atoms with Crippen molar-refractivity contribution in [1.82, 2.24) is 19.5 Å². The average molecular weight is 295 g/mol. The van der Waals surface area contributed by atoms with Crippen molar-refractivity contribution in [2.75, 3.05) is 0 Å². The van der Waals surface area contributed by atoms with Crippen LogP contribution in [0.25, 0.3) is 11.2 Å². The number of fused-ring (bicyclic) bond motifs is 1. The van der Waals surface area contributed by atoms with Gasteiger partial charge in [0.05, 0.1) is 12.5 Å². The highest BCUT2D eigenvalue weighted by Gasteiger charge is 2.45. The van der Waals surface area contributed by atoms with Gasteiger partial charge < -0.3 is 4.74 Å². The minimum Gasteiger partial charge on any atom is -0.336 e. The summed E-state index contributed by atoms with van der Waals surface area (Å²) in [6.07, 6.45) is 8.91. The lowest BCUT2D eigenvalue weighted by Gasteiger charge is -2.45. The van der Waals surface area contributed by atoms with Crippen LogP contribution >= 0.6 is 11.6 Å². The van der Waals surface area contributed by atoms with E-state index in [1.54, 1.807) is 18.9 Å². The van der Waals surface area contributed by atoms with E-state index in [0.717, 1.165) is 36.8 Å². The number of hydrogen-bond donors (Lipinski definition) is 0.